The van der Waals surface area contributed by atoms with Crippen molar-refractivity contribution in [1.29, 1.82) is 0 Å². The van der Waals surface area contributed by atoms with Crippen LogP contribution in [0.1, 0.15) is 20.8 Å². The number of piperazine rings is 1. The summed E-state index contributed by atoms with van der Waals surface area (Å²) in [6.07, 6.45) is -1.88. The summed E-state index contributed by atoms with van der Waals surface area (Å²) >= 11 is 0. The molecule has 8 N–H and O–H groups in total. The van der Waals surface area contributed by atoms with Gasteiger partial charge in [-0.05, 0) is 27.8 Å². The van der Waals surface area contributed by atoms with Crippen LogP contribution in [0.3, 0.4) is 0 Å². The second-order valence-electron chi connectivity index (χ2n) is 5.92. The Morgan fingerprint density at radius 3 is 1.41 bits per heavy atom. The van der Waals surface area contributed by atoms with Gasteiger partial charge in [0, 0.05) is 0 Å². The molecule has 0 bridgehead atoms. The number of likely N-dealkylation sites (N-methyl/N-ethyl adjacent to an activating group) is 1. The average molecular weight is 328 g/mol. The molecule has 0 saturated carbocycles. The van der Waals surface area contributed by atoms with Gasteiger partial charge in [-0.15, -0.1) is 0 Å². The summed E-state index contributed by atoms with van der Waals surface area (Å²) in [6.45, 7) is 4.01. The first-order chi connectivity index (χ1) is 9.40. The Hall–Kier alpha value is -1.09. The van der Waals surface area contributed by atoms with Crippen LogP contribution in [-0.4, -0.2) is 93.0 Å². The minimum absolute atomic E-state index is 0.388. The summed E-state index contributed by atoms with van der Waals surface area (Å²) in [6, 6.07) is 0. The number of amides is 1. The van der Waals surface area contributed by atoms with Crippen molar-refractivity contribution in [2.24, 2.45) is 0 Å². The molecule has 1 heterocycles. The van der Waals surface area contributed by atoms with Crippen molar-refractivity contribution < 1.29 is 50.4 Å². The first kappa shape index (κ1) is 19.0. The normalized spacial score (nSPS) is 26.6. The number of hydrogen-bond acceptors (Lipinski definition) is 11. The molecule has 1 aliphatic heterocycles. The second kappa shape index (κ2) is 4.70. The topological polar surface area (TPSA) is 195 Å². The van der Waals surface area contributed by atoms with E-state index >= 15 is 0 Å². The lowest BCUT2D eigenvalue weighted by Crippen LogP contribution is -2.90. The molecule has 0 aromatic rings. The molecule has 0 aliphatic carbocycles. The molecule has 12 heteroatoms. The first-order valence-electron chi connectivity index (χ1n) is 5.97. The van der Waals surface area contributed by atoms with Gasteiger partial charge in [0.15, 0.2) is 0 Å². The fraction of sp³-hybridized carbons (Fsp3) is 0.900. The van der Waals surface area contributed by atoms with E-state index in [4.69, 9.17) is 0 Å². The van der Waals surface area contributed by atoms with E-state index in [1.165, 1.54) is 20.8 Å². The highest BCUT2D eigenvalue weighted by Crippen LogP contribution is 2.43. The van der Waals surface area contributed by atoms with Crippen LogP contribution in [0.5, 0.6) is 0 Å². The monoisotopic (exact) mass is 328 g/mol. The molecular formula is C10H20N2O10. The molecule has 22 heavy (non-hydrogen) atoms. The van der Waals surface area contributed by atoms with Crippen LogP contribution in [0.15, 0.2) is 0 Å². The predicted molar refractivity (Wildman–Crippen MR) is 64.5 cm³/mol. The van der Waals surface area contributed by atoms with Crippen LogP contribution in [0, 0.1) is 0 Å². The van der Waals surface area contributed by atoms with Crippen LogP contribution in [0.25, 0.3) is 0 Å². The molecule has 1 fully saturated rings. The third-order valence-electron chi connectivity index (χ3n) is 3.04. The van der Waals surface area contributed by atoms with E-state index in [0.717, 1.165) is 0 Å². The zero-order valence-corrected chi connectivity index (χ0v) is 12.3. The third-order valence-corrected chi connectivity index (χ3v) is 3.04. The summed E-state index contributed by atoms with van der Waals surface area (Å²) in [5, 5.41) is 77.6. The summed E-state index contributed by atoms with van der Waals surface area (Å²) < 4.78 is 4.65. The highest BCUT2D eigenvalue weighted by atomic mass is 16.7. The highest BCUT2D eigenvalue weighted by molar-refractivity contribution is 5.70. The van der Waals surface area contributed by atoms with E-state index in [2.05, 4.69) is 4.74 Å². The fourth-order valence-corrected chi connectivity index (χ4v) is 1.75. The quantitative estimate of drug-likeness (QED) is 0.200. The first-order valence-corrected chi connectivity index (χ1v) is 5.97. The van der Waals surface area contributed by atoms with Crippen molar-refractivity contribution >= 4 is 6.09 Å². The maximum absolute atomic E-state index is 11.9. The van der Waals surface area contributed by atoms with Gasteiger partial charge < -0.3 is 45.6 Å². The minimum Gasteiger partial charge on any atom is -0.443 e. The molecule has 0 radical (unpaired) electrons. The second-order valence-corrected chi connectivity index (χ2v) is 5.92. The van der Waals surface area contributed by atoms with Gasteiger partial charge in [-0.3, -0.25) is 0 Å². The Morgan fingerprint density at radius 2 is 1.14 bits per heavy atom. The molecule has 1 amide bonds. The Balaban J connectivity index is 3.48. The summed E-state index contributed by atoms with van der Waals surface area (Å²) in [4.78, 5) is 10.7. The number of carbonyl (C=O) groups is 1. The standard InChI is InChI=1S/C10H20N2O10/c1-6(2,3)22-5(13)12-9(18,19)7(14,15)11(4)8(16,17)10(12,20)21/h14-21H,1-4H3. The van der Waals surface area contributed by atoms with Crippen molar-refractivity contribution in [2.75, 3.05) is 7.05 Å². The van der Waals surface area contributed by atoms with Crippen LogP contribution in [0.4, 0.5) is 4.79 Å². The zero-order valence-electron chi connectivity index (χ0n) is 12.3. The van der Waals surface area contributed by atoms with Crippen LogP contribution in [-0.2, 0) is 4.74 Å². The van der Waals surface area contributed by atoms with Gasteiger partial charge in [0.1, 0.15) is 5.60 Å². The van der Waals surface area contributed by atoms with Gasteiger partial charge in [-0.2, -0.15) is 9.80 Å². The Morgan fingerprint density at radius 1 is 0.818 bits per heavy atom. The molecule has 0 atom stereocenters. The Kier molecular flexibility index (Phi) is 4.05. The molecule has 130 valence electrons. The van der Waals surface area contributed by atoms with Gasteiger partial charge in [0.2, 0.25) is 0 Å². The van der Waals surface area contributed by atoms with E-state index in [9.17, 15) is 45.6 Å². The van der Waals surface area contributed by atoms with Gasteiger partial charge in [-0.25, -0.2) is 4.79 Å². The third kappa shape index (κ3) is 2.44. The number of carbonyl (C=O) groups excluding carboxylic acids is 1. The Bertz CT molecular complexity index is 439. The van der Waals surface area contributed by atoms with Gasteiger partial charge >= 0.3 is 29.7 Å². The summed E-state index contributed by atoms with van der Waals surface area (Å²) in [5.41, 5.74) is -1.27. The predicted octanol–water partition coefficient (Wildman–Crippen LogP) is -4.28. The van der Waals surface area contributed by atoms with Gasteiger partial charge in [0.05, 0.1) is 0 Å². The largest absolute Gasteiger partial charge is 0.443 e. The maximum atomic E-state index is 11.9. The van der Waals surface area contributed by atoms with Crippen molar-refractivity contribution in [3.05, 3.63) is 0 Å². The smallest absolute Gasteiger partial charge is 0.419 e. The number of ether oxygens (including phenoxy) is 1. The van der Waals surface area contributed by atoms with Gasteiger partial charge in [-0.1, -0.05) is 0 Å². The van der Waals surface area contributed by atoms with E-state index in [-0.39, 0.29) is 4.90 Å². The van der Waals surface area contributed by atoms with E-state index in [0.29, 0.717) is 7.05 Å². The lowest BCUT2D eigenvalue weighted by atomic mass is 10.1. The van der Waals surface area contributed by atoms with Crippen molar-refractivity contribution in [1.82, 2.24) is 9.80 Å². The lowest BCUT2D eigenvalue weighted by molar-refractivity contribution is -0.596. The molecule has 1 rings (SSSR count). The van der Waals surface area contributed by atoms with Gasteiger partial charge in [0.25, 0.3) is 0 Å². The fourth-order valence-electron chi connectivity index (χ4n) is 1.75. The van der Waals surface area contributed by atoms with Crippen molar-refractivity contribution in [3.8, 4) is 0 Å². The van der Waals surface area contributed by atoms with Crippen molar-refractivity contribution in [2.45, 2.75) is 50.0 Å². The number of hydrogen-bond donors (Lipinski definition) is 8. The van der Waals surface area contributed by atoms with Crippen LogP contribution < -0.4 is 0 Å². The SMILES string of the molecule is CN1C(O)(O)C(O)(O)N(C(=O)OC(C)(C)C)C(O)(O)C1(O)O. The Labute approximate surface area is 124 Å². The number of aliphatic hydroxyl groups is 8. The average Bonchev–Trinajstić information content (AvgIpc) is 2.22. The van der Waals surface area contributed by atoms with Crippen molar-refractivity contribution in [3.63, 3.8) is 0 Å². The summed E-state index contributed by atoms with van der Waals surface area (Å²) in [5.74, 6) is -16.0. The molecule has 0 aromatic heterocycles. The van der Waals surface area contributed by atoms with E-state index in [1.807, 2.05) is 0 Å². The number of rotatable bonds is 0. The van der Waals surface area contributed by atoms with E-state index < -0.39 is 40.2 Å². The minimum atomic E-state index is -4.08. The molecule has 12 nitrogen and oxygen atoms in total. The molecule has 0 aromatic carbocycles. The lowest BCUT2D eigenvalue weighted by Gasteiger charge is -2.59. The highest BCUT2D eigenvalue weighted by Gasteiger charge is 2.78. The molecular weight excluding hydrogens is 308 g/mol. The zero-order chi connectivity index (χ0) is 17.9. The maximum Gasteiger partial charge on any atom is 0.419 e. The molecule has 1 saturated heterocycles. The molecule has 0 unspecified atom stereocenters. The van der Waals surface area contributed by atoms with E-state index in [1.54, 1.807) is 0 Å². The summed E-state index contributed by atoms with van der Waals surface area (Å²) in [7, 11) is 0.509. The molecule has 0 spiro atoms. The number of nitrogens with zero attached hydrogens (tertiary/aromatic N) is 2. The van der Waals surface area contributed by atoms with Crippen LogP contribution >= 0.6 is 0 Å². The molecule has 1 aliphatic rings. The van der Waals surface area contributed by atoms with Crippen LogP contribution in [0.2, 0.25) is 0 Å².